The Morgan fingerprint density at radius 3 is 2.77 bits per heavy atom. The average molecular weight is 398 g/mol. The lowest BCUT2D eigenvalue weighted by Gasteiger charge is -2.31. The van der Waals surface area contributed by atoms with Crippen LogP contribution in [0.3, 0.4) is 0 Å². The Hall–Kier alpha value is -2.06. The number of hydrogen-bond acceptors (Lipinski definition) is 5. The van der Waals surface area contributed by atoms with Gasteiger partial charge in [0.2, 0.25) is 5.91 Å². The molecule has 140 valence electrons. The van der Waals surface area contributed by atoms with Gasteiger partial charge in [0, 0.05) is 32.5 Å². The summed E-state index contributed by atoms with van der Waals surface area (Å²) >= 11 is 7.29. The van der Waals surface area contributed by atoms with Crippen molar-refractivity contribution in [2.24, 2.45) is 0 Å². The summed E-state index contributed by atoms with van der Waals surface area (Å²) in [7, 11) is 0. The highest BCUT2D eigenvalue weighted by molar-refractivity contribution is 7.16. The van der Waals surface area contributed by atoms with Gasteiger partial charge in [-0.15, -0.1) is 0 Å². The highest BCUT2D eigenvalue weighted by Crippen LogP contribution is 2.25. The van der Waals surface area contributed by atoms with Crippen LogP contribution in [0.4, 0.5) is 4.79 Å². The van der Waals surface area contributed by atoms with Crippen LogP contribution < -0.4 is 10.2 Å². The maximum atomic E-state index is 12.6. The topological polar surface area (TPSA) is 80.6 Å². The summed E-state index contributed by atoms with van der Waals surface area (Å²) in [6.45, 7) is 3.29. The average Bonchev–Trinajstić information content (AvgIpc) is 2.92. The van der Waals surface area contributed by atoms with Crippen molar-refractivity contribution in [3.05, 3.63) is 32.9 Å². The van der Waals surface area contributed by atoms with Gasteiger partial charge in [0.15, 0.2) is 0 Å². The number of rotatable bonds is 4. The molecule has 3 rings (SSSR count). The zero-order valence-corrected chi connectivity index (χ0v) is 15.9. The van der Waals surface area contributed by atoms with Gasteiger partial charge >= 0.3 is 11.0 Å². The molecule has 1 saturated heterocycles. The minimum absolute atomic E-state index is 0.0373. The van der Waals surface area contributed by atoms with Gasteiger partial charge in [-0.2, -0.15) is 0 Å². The highest BCUT2D eigenvalue weighted by Gasteiger charge is 2.26. The minimum atomic E-state index is -0.428. The Labute approximate surface area is 159 Å². The van der Waals surface area contributed by atoms with Crippen molar-refractivity contribution in [2.45, 2.75) is 32.4 Å². The van der Waals surface area contributed by atoms with E-state index in [1.165, 1.54) is 4.57 Å². The molecule has 1 aliphatic heterocycles. The van der Waals surface area contributed by atoms with E-state index in [1.807, 2.05) is 13.0 Å². The van der Waals surface area contributed by atoms with Crippen LogP contribution in [0.15, 0.2) is 23.0 Å². The second kappa shape index (κ2) is 8.09. The third kappa shape index (κ3) is 4.02. The van der Waals surface area contributed by atoms with Crippen LogP contribution in [-0.2, 0) is 16.1 Å². The number of piperidine rings is 1. The van der Waals surface area contributed by atoms with E-state index in [0.29, 0.717) is 43.0 Å². The van der Waals surface area contributed by atoms with Gasteiger partial charge in [-0.3, -0.25) is 14.2 Å². The van der Waals surface area contributed by atoms with Gasteiger partial charge in [0.1, 0.15) is 12.6 Å². The zero-order valence-electron chi connectivity index (χ0n) is 14.4. The molecule has 0 radical (unpaired) electrons. The Balaban J connectivity index is 1.63. The number of benzene rings is 1. The zero-order chi connectivity index (χ0) is 18.7. The largest absolute Gasteiger partial charge is 0.446 e. The monoisotopic (exact) mass is 397 g/mol. The minimum Gasteiger partial charge on any atom is -0.446 e. The molecule has 1 aromatic carbocycles. The highest BCUT2D eigenvalue weighted by atomic mass is 35.5. The van der Waals surface area contributed by atoms with Crippen molar-refractivity contribution >= 4 is 45.2 Å². The van der Waals surface area contributed by atoms with Crippen molar-refractivity contribution in [2.75, 3.05) is 19.6 Å². The van der Waals surface area contributed by atoms with E-state index in [4.69, 9.17) is 16.3 Å². The molecule has 2 heterocycles. The summed E-state index contributed by atoms with van der Waals surface area (Å²) in [6, 6.07) is 5.31. The molecule has 1 aromatic heterocycles. The van der Waals surface area contributed by atoms with Crippen molar-refractivity contribution in [1.29, 1.82) is 0 Å². The fraction of sp³-hybridized carbons (Fsp3) is 0.471. The summed E-state index contributed by atoms with van der Waals surface area (Å²) in [5.41, 5.74) is 0.604. The Morgan fingerprint density at radius 2 is 2.08 bits per heavy atom. The standard InChI is InChI=1S/C17H20ClN3O4S/c1-2-19-16(23)25-11-6-8-20(9-7-11)14(22)10-21-15-12(18)4-3-5-13(15)26-17(21)24/h3-5,11H,2,6-10H2,1H3,(H,19,23). The first-order valence-corrected chi connectivity index (χ1v) is 9.69. The van der Waals surface area contributed by atoms with E-state index in [0.717, 1.165) is 16.0 Å². The van der Waals surface area contributed by atoms with E-state index in [2.05, 4.69) is 5.32 Å². The Morgan fingerprint density at radius 1 is 1.35 bits per heavy atom. The van der Waals surface area contributed by atoms with Gasteiger partial charge in [-0.05, 0) is 19.1 Å². The molecular weight excluding hydrogens is 378 g/mol. The normalized spacial score (nSPS) is 15.2. The van der Waals surface area contributed by atoms with E-state index in [9.17, 15) is 14.4 Å². The summed E-state index contributed by atoms with van der Waals surface area (Å²) in [5, 5.41) is 3.05. The molecular formula is C17H20ClN3O4S. The molecule has 1 fully saturated rings. The van der Waals surface area contributed by atoms with Gasteiger partial charge in [0.25, 0.3) is 0 Å². The lowest BCUT2D eigenvalue weighted by atomic mass is 10.1. The number of ether oxygens (including phenoxy) is 1. The first kappa shape index (κ1) is 18.7. The summed E-state index contributed by atoms with van der Waals surface area (Å²) < 4.78 is 7.50. The molecule has 0 bridgehead atoms. The summed E-state index contributed by atoms with van der Waals surface area (Å²) in [4.78, 5) is 37.8. The number of amides is 2. The lowest BCUT2D eigenvalue weighted by molar-refractivity contribution is -0.133. The van der Waals surface area contributed by atoms with Crippen LogP contribution in [0.2, 0.25) is 5.02 Å². The van der Waals surface area contributed by atoms with Crippen LogP contribution in [0, 0.1) is 0 Å². The fourth-order valence-corrected chi connectivity index (χ4v) is 4.27. The fourth-order valence-electron chi connectivity index (χ4n) is 3.02. The van der Waals surface area contributed by atoms with Gasteiger partial charge in [-0.25, -0.2) is 4.79 Å². The van der Waals surface area contributed by atoms with Crippen molar-refractivity contribution in [3.8, 4) is 0 Å². The van der Waals surface area contributed by atoms with Crippen molar-refractivity contribution in [1.82, 2.24) is 14.8 Å². The number of carbonyl (C=O) groups excluding carboxylic acids is 2. The predicted octanol–water partition coefficient (Wildman–Crippen LogP) is 2.45. The molecule has 7 nitrogen and oxygen atoms in total. The lowest BCUT2D eigenvalue weighted by Crippen LogP contribution is -2.44. The van der Waals surface area contributed by atoms with E-state index < -0.39 is 6.09 Å². The Bertz CT molecular complexity index is 871. The molecule has 1 N–H and O–H groups in total. The van der Waals surface area contributed by atoms with Gasteiger partial charge in [-0.1, -0.05) is 29.0 Å². The second-order valence-electron chi connectivity index (χ2n) is 6.06. The number of aromatic nitrogens is 1. The van der Waals surface area contributed by atoms with E-state index >= 15 is 0 Å². The number of likely N-dealkylation sites (tertiary alicyclic amines) is 1. The number of halogens is 1. The maximum absolute atomic E-state index is 12.6. The number of nitrogens with one attached hydrogen (secondary N) is 1. The number of thiazole rings is 1. The molecule has 0 aliphatic carbocycles. The number of alkyl carbamates (subject to hydrolysis) is 1. The number of carbonyl (C=O) groups is 2. The van der Waals surface area contributed by atoms with Crippen LogP contribution in [0.25, 0.3) is 10.2 Å². The Kier molecular flexibility index (Phi) is 5.83. The number of para-hydroxylation sites is 1. The number of nitrogens with zero attached hydrogens (tertiary/aromatic N) is 2. The van der Waals surface area contributed by atoms with Crippen LogP contribution in [0.5, 0.6) is 0 Å². The van der Waals surface area contributed by atoms with Crippen LogP contribution >= 0.6 is 22.9 Å². The molecule has 0 spiro atoms. The summed E-state index contributed by atoms with van der Waals surface area (Å²) in [5.74, 6) is -0.136. The molecule has 2 aromatic rings. The quantitative estimate of drug-likeness (QED) is 0.859. The number of fused-ring (bicyclic) bond motifs is 1. The van der Waals surface area contributed by atoms with Crippen molar-refractivity contribution < 1.29 is 14.3 Å². The smallest absolute Gasteiger partial charge is 0.407 e. The van der Waals surface area contributed by atoms with Gasteiger partial charge < -0.3 is 15.0 Å². The summed E-state index contributed by atoms with van der Waals surface area (Å²) in [6.07, 6.45) is 0.555. The molecule has 0 unspecified atom stereocenters. The molecule has 9 heteroatoms. The molecule has 0 atom stereocenters. The molecule has 26 heavy (non-hydrogen) atoms. The van der Waals surface area contributed by atoms with Gasteiger partial charge in [0.05, 0.1) is 15.2 Å². The van der Waals surface area contributed by atoms with Crippen molar-refractivity contribution in [3.63, 3.8) is 0 Å². The third-order valence-electron chi connectivity index (χ3n) is 4.32. The van der Waals surface area contributed by atoms with E-state index in [1.54, 1.807) is 17.0 Å². The number of hydrogen-bond donors (Lipinski definition) is 1. The molecule has 2 amide bonds. The first-order valence-electron chi connectivity index (χ1n) is 8.49. The second-order valence-corrected chi connectivity index (χ2v) is 7.46. The predicted molar refractivity (Wildman–Crippen MR) is 101 cm³/mol. The van der Waals surface area contributed by atoms with Crippen LogP contribution in [-0.4, -0.2) is 47.2 Å². The van der Waals surface area contributed by atoms with Crippen LogP contribution in [0.1, 0.15) is 19.8 Å². The maximum Gasteiger partial charge on any atom is 0.407 e. The van der Waals surface area contributed by atoms with E-state index in [-0.39, 0.29) is 23.4 Å². The molecule has 0 saturated carbocycles. The third-order valence-corrected chi connectivity index (χ3v) is 5.57. The SMILES string of the molecule is CCNC(=O)OC1CCN(C(=O)Cn2c(=O)sc3cccc(Cl)c32)CC1. The molecule has 1 aliphatic rings. The first-order chi connectivity index (χ1) is 12.5.